The van der Waals surface area contributed by atoms with Crippen LogP contribution in [0.15, 0.2) is 11.1 Å². The molecule has 4 heteroatoms. The van der Waals surface area contributed by atoms with Gasteiger partial charge in [0.25, 0.3) is 5.91 Å². The Morgan fingerprint density at radius 1 is 1.73 bits per heavy atom. The van der Waals surface area contributed by atoms with Gasteiger partial charge in [-0.15, -0.1) is 0 Å². The quantitative estimate of drug-likeness (QED) is 0.302. The van der Waals surface area contributed by atoms with Gasteiger partial charge in [0.1, 0.15) is 0 Å². The Balaban J connectivity index is 2.60. The minimum absolute atomic E-state index is 0.288. The van der Waals surface area contributed by atoms with Crippen LogP contribution in [0.1, 0.15) is 6.92 Å². The van der Waals surface area contributed by atoms with Crippen LogP contribution in [0.2, 0.25) is 0 Å². The van der Waals surface area contributed by atoms with Crippen molar-refractivity contribution >= 4 is 5.91 Å². The Labute approximate surface area is 64.9 Å². The van der Waals surface area contributed by atoms with Crippen LogP contribution in [0.5, 0.6) is 0 Å². The fraction of sp³-hybridized carbons (Fsp3) is 0.429. The summed E-state index contributed by atoms with van der Waals surface area (Å²) in [4.78, 5) is 11.0. The van der Waals surface area contributed by atoms with Crippen molar-refractivity contribution in [3.63, 3.8) is 0 Å². The Kier molecular flexibility index (Phi) is 2.24. The van der Waals surface area contributed by atoms with Crippen molar-refractivity contribution in [3.05, 3.63) is 11.1 Å². The summed E-state index contributed by atoms with van der Waals surface area (Å²) in [6.45, 7) is 3.26. The molecule has 4 nitrogen and oxygen atoms in total. The zero-order valence-corrected chi connectivity index (χ0v) is 6.27. The molecule has 11 heavy (non-hydrogen) atoms. The molecule has 0 aromatic heterocycles. The highest BCUT2D eigenvalue weighted by Crippen LogP contribution is 2.07. The van der Waals surface area contributed by atoms with Gasteiger partial charge in [-0.25, -0.2) is 0 Å². The first kappa shape index (κ1) is 7.76. The second-order valence-corrected chi connectivity index (χ2v) is 2.40. The van der Waals surface area contributed by atoms with E-state index in [1.165, 1.54) is 0 Å². The number of rotatable bonds is 1. The van der Waals surface area contributed by atoms with E-state index in [1.54, 1.807) is 13.1 Å². The zero-order chi connectivity index (χ0) is 8.27. The molecule has 1 amide bonds. The van der Waals surface area contributed by atoms with Crippen LogP contribution in [0.4, 0.5) is 0 Å². The van der Waals surface area contributed by atoms with E-state index >= 15 is 0 Å². The minimum atomic E-state index is -0.288. The lowest BCUT2D eigenvalue weighted by Crippen LogP contribution is -2.37. The molecule has 0 aromatic rings. The van der Waals surface area contributed by atoms with E-state index in [2.05, 4.69) is 10.6 Å². The first-order chi connectivity index (χ1) is 5.25. The van der Waals surface area contributed by atoms with Crippen LogP contribution >= 0.6 is 0 Å². The molecular formula is C7H9N3O. The van der Waals surface area contributed by atoms with E-state index in [4.69, 9.17) is 5.26 Å². The lowest BCUT2D eigenvalue weighted by atomic mass is 10.0. The van der Waals surface area contributed by atoms with E-state index < -0.39 is 0 Å². The molecule has 1 heterocycles. The predicted molar refractivity (Wildman–Crippen MR) is 39.3 cm³/mol. The highest BCUT2D eigenvalue weighted by Gasteiger charge is 2.15. The highest BCUT2D eigenvalue weighted by atomic mass is 16.1. The third-order valence-electron chi connectivity index (χ3n) is 1.72. The molecule has 0 atom stereocenters. The average molecular weight is 151 g/mol. The van der Waals surface area contributed by atoms with Crippen molar-refractivity contribution in [2.45, 2.75) is 6.92 Å². The number of nitriles is 1. The molecule has 0 aliphatic carbocycles. The second-order valence-electron chi connectivity index (χ2n) is 2.40. The van der Waals surface area contributed by atoms with Gasteiger partial charge in [-0.05, 0) is 12.5 Å². The minimum Gasteiger partial charge on any atom is -0.309 e. The Morgan fingerprint density at radius 2 is 2.36 bits per heavy atom. The van der Waals surface area contributed by atoms with Crippen molar-refractivity contribution < 1.29 is 4.79 Å². The SMILES string of the molecule is CC(C(=O)NC#N)=C1CNC1. The molecule has 0 radical (unpaired) electrons. The van der Waals surface area contributed by atoms with E-state index in [0.717, 1.165) is 18.7 Å². The van der Waals surface area contributed by atoms with E-state index in [1.807, 2.05) is 0 Å². The lowest BCUT2D eigenvalue weighted by molar-refractivity contribution is -0.116. The number of nitrogens with zero attached hydrogens (tertiary/aromatic N) is 1. The molecule has 0 aromatic carbocycles. The van der Waals surface area contributed by atoms with Gasteiger partial charge in [0, 0.05) is 18.7 Å². The van der Waals surface area contributed by atoms with Gasteiger partial charge in [0.2, 0.25) is 0 Å². The Hall–Kier alpha value is -1.34. The fourth-order valence-corrected chi connectivity index (χ4v) is 0.820. The van der Waals surface area contributed by atoms with Crippen LogP contribution in [-0.2, 0) is 4.79 Å². The number of amides is 1. The normalized spacial score (nSPS) is 14.7. The molecule has 1 rings (SSSR count). The molecular weight excluding hydrogens is 142 g/mol. The van der Waals surface area contributed by atoms with E-state index in [0.29, 0.717) is 5.57 Å². The Bertz CT molecular complexity index is 243. The average Bonchev–Trinajstić information content (AvgIpc) is 1.84. The predicted octanol–water partition coefficient (Wildman–Crippen LogP) is -0.497. The first-order valence-electron chi connectivity index (χ1n) is 3.34. The summed E-state index contributed by atoms with van der Waals surface area (Å²) in [6, 6.07) is 0. The number of nitrogens with one attached hydrogen (secondary N) is 2. The lowest BCUT2D eigenvalue weighted by Gasteiger charge is -2.20. The van der Waals surface area contributed by atoms with Crippen molar-refractivity contribution in [2.75, 3.05) is 13.1 Å². The maximum Gasteiger partial charge on any atom is 0.259 e. The number of carbonyl (C=O) groups is 1. The van der Waals surface area contributed by atoms with Gasteiger partial charge < -0.3 is 5.32 Å². The number of hydrogen-bond acceptors (Lipinski definition) is 3. The summed E-state index contributed by atoms with van der Waals surface area (Å²) in [6.07, 6.45) is 1.60. The van der Waals surface area contributed by atoms with Crippen LogP contribution in [-0.4, -0.2) is 19.0 Å². The molecule has 1 fully saturated rings. The van der Waals surface area contributed by atoms with Gasteiger partial charge in [-0.2, -0.15) is 5.26 Å². The van der Waals surface area contributed by atoms with Gasteiger partial charge >= 0.3 is 0 Å². The molecule has 1 aliphatic rings. The fourth-order valence-electron chi connectivity index (χ4n) is 0.820. The van der Waals surface area contributed by atoms with Crippen molar-refractivity contribution in [1.29, 1.82) is 5.26 Å². The van der Waals surface area contributed by atoms with Gasteiger partial charge in [0.05, 0.1) is 0 Å². The molecule has 1 saturated heterocycles. The Morgan fingerprint density at radius 3 is 2.73 bits per heavy atom. The maximum atomic E-state index is 11.0. The summed E-state index contributed by atoms with van der Waals surface area (Å²) >= 11 is 0. The van der Waals surface area contributed by atoms with Gasteiger partial charge in [-0.1, -0.05) is 0 Å². The zero-order valence-electron chi connectivity index (χ0n) is 6.27. The van der Waals surface area contributed by atoms with Crippen molar-refractivity contribution in [1.82, 2.24) is 10.6 Å². The smallest absolute Gasteiger partial charge is 0.259 e. The monoisotopic (exact) mass is 151 g/mol. The molecule has 58 valence electrons. The second kappa shape index (κ2) is 3.17. The summed E-state index contributed by atoms with van der Waals surface area (Å²) in [5, 5.41) is 13.2. The summed E-state index contributed by atoms with van der Waals surface area (Å²) in [5.41, 5.74) is 1.74. The molecule has 0 saturated carbocycles. The summed E-state index contributed by atoms with van der Waals surface area (Å²) < 4.78 is 0. The molecule has 0 unspecified atom stereocenters. The van der Waals surface area contributed by atoms with Crippen LogP contribution in [0, 0.1) is 11.5 Å². The summed E-state index contributed by atoms with van der Waals surface area (Å²) in [7, 11) is 0. The molecule has 0 bridgehead atoms. The number of carbonyl (C=O) groups excluding carboxylic acids is 1. The van der Waals surface area contributed by atoms with E-state index in [9.17, 15) is 4.79 Å². The van der Waals surface area contributed by atoms with Crippen LogP contribution in [0.3, 0.4) is 0 Å². The van der Waals surface area contributed by atoms with E-state index in [-0.39, 0.29) is 5.91 Å². The van der Waals surface area contributed by atoms with Gasteiger partial charge in [-0.3, -0.25) is 10.1 Å². The molecule has 2 N–H and O–H groups in total. The number of hydrogen-bond donors (Lipinski definition) is 2. The van der Waals surface area contributed by atoms with Crippen LogP contribution < -0.4 is 10.6 Å². The topological polar surface area (TPSA) is 64.9 Å². The van der Waals surface area contributed by atoms with Crippen molar-refractivity contribution in [2.24, 2.45) is 0 Å². The van der Waals surface area contributed by atoms with Crippen molar-refractivity contribution in [3.8, 4) is 6.19 Å². The standard InChI is InChI=1S/C7H9N3O/c1-5(6-2-9-3-6)7(11)10-4-8/h9H,2-3H2,1H3,(H,10,11). The maximum absolute atomic E-state index is 11.0. The third kappa shape index (κ3) is 1.57. The largest absolute Gasteiger partial charge is 0.309 e. The molecule has 1 aliphatic heterocycles. The molecule has 0 spiro atoms. The summed E-state index contributed by atoms with van der Waals surface area (Å²) in [5.74, 6) is -0.288. The third-order valence-corrected chi connectivity index (χ3v) is 1.72. The highest BCUT2D eigenvalue weighted by molar-refractivity contribution is 5.94. The van der Waals surface area contributed by atoms with Crippen LogP contribution in [0.25, 0.3) is 0 Å². The van der Waals surface area contributed by atoms with Gasteiger partial charge in [0.15, 0.2) is 6.19 Å². The first-order valence-corrected chi connectivity index (χ1v) is 3.34.